The van der Waals surface area contributed by atoms with Crippen molar-refractivity contribution in [2.75, 3.05) is 13.1 Å². The summed E-state index contributed by atoms with van der Waals surface area (Å²) in [5.41, 5.74) is 5.66. The molecule has 2 aromatic heterocycles. The summed E-state index contributed by atoms with van der Waals surface area (Å²) in [5, 5.41) is 0.592. The molecule has 4 nitrogen and oxygen atoms in total. The van der Waals surface area contributed by atoms with Gasteiger partial charge in [0.2, 0.25) is 0 Å². The number of thiophene rings is 1. The number of piperidine rings is 1. The largest absolute Gasteiger partial charge is 0.433 e. The topological polar surface area (TPSA) is 59.2 Å². The Morgan fingerprint density at radius 1 is 1.38 bits per heavy atom. The quantitative estimate of drug-likeness (QED) is 0.769. The lowest BCUT2D eigenvalue weighted by molar-refractivity contribution is -0.140. The lowest BCUT2D eigenvalue weighted by Gasteiger charge is -2.42. The van der Waals surface area contributed by atoms with Crippen LogP contribution in [0.4, 0.5) is 13.2 Å². The van der Waals surface area contributed by atoms with Gasteiger partial charge < -0.3 is 10.6 Å². The Kier molecular flexibility index (Phi) is 5.62. The lowest BCUT2D eigenvalue weighted by Crippen LogP contribution is -2.53. The highest BCUT2D eigenvalue weighted by Crippen LogP contribution is 2.36. The van der Waals surface area contributed by atoms with Crippen LogP contribution in [0.25, 0.3) is 10.2 Å². The van der Waals surface area contributed by atoms with Gasteiger partial charge in [0, 0.05) is 24.5 Å². The summed E-state index contributed by atoms with van der Waals surface area (Å²) in [6.45, 7) is 6.88. The first-order valence-electron chi connectivity index (χ1n) is 8.03. The maximum Gasteiger partial charge on any atom is 0.433 e. The number of alkyl halides is 3. The predicted octanol–water partition coefficient (Wildman–Crippen LogP) is 4.24. The summed E-state index contributed by atoms with van der Waals surface area (Å²) in [6.07, 6.45) is -3.79. The Morgan fingerprint density at radius 2 is 2.04 bits per heavy atom. The van der Waals surface area contributed by atoms with Crippen LogP contribution in [0.2, 0.25) is 0 Å². The maximum atomic E-state index is 12.9. The van der Waals surface area contributed by atoms with E-state index >= 15 is 0 Å². The zero-order chi connectivity index (χ0) is 18.6. The van der Waals surface area contributed by atoms with E-state index in [0.717, 1.165) is 17.4 Å². The Balaban J connectivity index is 0.00000243. The van der Waals surface area contributed by atoms with Gasteiger partial charge in [0.25, 0.3) is 5.91 Å². The van der Waals surface area contributed by atoms with Crippen molar-refractivity contribution in [1.82, 2.24) is 9.88 Å². The molecular formula is C17H21ClF3N3OS. The molecule has 9 heteroatoms. The van der Waals surface area contributed by atoms with Gasteiger partial charge in [0.1, 0.15) is 10.5 Å². The smallest absolute Gasteiger partial charge is 0.337 e. The number of carbonyl (C=O) groups excluding carboxylic acids is 1. The first kappa shape index (κ1) is 20.9. The normalized spacial score (nSPS) is 20.1. The van der Waals surface area contributed by atoms with E-state index in [0.29, 0.717) is 35.3 Å². The molecule has 0 saturated carbocycles. The van der Waals surface area contributed by atoms with Gasteiger partial charge in [-0.25, -0.2) is 4.98 Å². The fraction of sp³-hybridized carbons (Fsp3) is 0.529. The molecule has 1 fully saturated rings. The number of amides is 1. The van der Waals surface area contributed by atoms with Crippen molar-refractivity contribution >= 4 is 39.9 Å². The molecule has 1 unspecified atom stereocenters. The molecule has 0 aliphatic carbocycles. The van der Waals surface area contributed by atoms with E-state index in [2.05, 4.69) is 4.98 Å². The third kappa shape index (κ3) is 3.68. The zero-order valence-electron chi connectivity index (χ0n) is 14.7. The Bertz CT molecular complexity index is 835. The molecule has 1 atom stereocenters. The highest BCUT2D eigenvalue weighted by atomic mass is 35.5. The molecule has 1 saturated heterocycles. The standard InChI is InChI=1S/C17H20F3N3OS.ClH/c1-9-10-4-5-12(17(18,19)20)22-14(10)25-13(9)15(24)23-7-6-11(21)16(2,3)8-23;/h4-5,11H,6-8,21H2,1-3H3;1H. The summed E-state index contributed by atoms with van der Waals surface area (Å²) in [7, 11) is 0. The van der Waals surface area contributed by atoms with Crippen LogP contribution < -0.4 is 5.73 Å². The first-order valence-corrected chi connectivity index (χ1v) is 8.84. The number of fused-ring (bicyclic) bond motifs is 1. The first-order chi connectivity index (χ1) is 11.5. The lowest BCUT2D eigenvalue weighted by atomic mass is 9.79. The average molecular weight is 408 g/mol. The molecule has 2 aromatic rings. The second kappa shape index (κ2) is 6.98. The Morgan fingerprint density at radius 3 is 2.62 bits per heavy atom. The highest BCUT2D eigenvalue weighted by molar-refractivity contribution is 7.20. The van der Waals surface area contributed by atoms with Crippen molar-refractivity contribution < 1.29 is 18.0 Å². The molecule has 0 aromatic carbocycles. The summed E-state index contributed by atoms with van der Waals surface area (Å²) in [6, 6.07) is 2.37. The highest BCUT2D eigenvalue weighted by Gasteiger charge is 2.37. The van der Waals surface area contributed by atoms with E-state index in [4.69, 9.17) is 5.73 Å². The Hall–Kier alpha value is -1.38. The molecule has 0 spiro atoms. The maximum absolute atomic E-state index is 12.9. The van der Waals surface area contributed by atoms with Gasteiger partial charge in [-0.3, -0.25) is 4.79 Å². The van der Waals surface area contributed by atoms with E-state index in [-0.39, 0.29) is 34.6 Å². The molecule has 3 heterocycles. The summed E-state index contributed by atoms with van der Waals surface area (Å²) >= 11 is 1.02. The number of likely N-dealkylation sites (tertiary alicyclic amines) is 1. The van der Waals surface area contributed by atoms with Gasteiger partial charge in [-0.2, -0.15) is 13.2 Å². The minimum Gasteiger partial charge on any atom is -0.337 e. The number of hydrogen-bond acceptors (Lipinski definition) is 4. The van der Waals surface area contributed by atoms with Crippen molar-refractivity contribution in [2.24, 2.45) is 11.1 Å². The number of carbonyl (C=O) groups is 1. The van der Waals surface area contributed by atoms with E-state index < -0.39 is 11.9 Å². The van der Waals surface area contributed by atoms with Crippen LogP contribution in [0.5, 0.6) is 0 Å². The molecule has 3 rings (SSSR count). The fourth-order valence-electron chi connectivity index (χ4n) is 3.15. The molecule has 1 amide bonds. The molecule has 0 bridgehead atoms. The van der Waals surface area contributed by atoms with Gasteiger partial charge in [-0.15, -0.1) is 23.7 Å². The molecule has 144 valence electrons. The van der Waals surface area contributed by atoms with Crippen LogP contribution in [0.3, 0.4) is 0 Å². The van der Waals surface area contributed by atoms with E-state index in [1.165, 1.54) is 6.07 Å². The number of rotatable bonds is 1. The zero-order valence-corrected chi connectivity index (χ0v) is 16.3. The minimum atomic E-state index is -4.50. The summed E-state index contributed by atoms with van der Waals surface area (Å²) in [5.74, 6) is -0.158. The van der Waals surface area contributed by atoms with Gasteiger partial charge in [0.05, 0.1) is 4.88 Å². The number of halogens is 4. The van der Waals surface area contributed by atoms with Crippen LogP contribution >= 0.6 is 23.7 Å². The fourth-order valence-corrected chi connectivity index (χ4v) is 4.30. The molecule has 26 heavy (non-hydrogen) atoms. The number of nitrogens with two attached hydrogens (primary N) is 1. The Labute approximate surface area is 160 Å². The summed E-state index contributed by atoms with van der Waals surface area (Å²) < 4.78 is 38.5. The monoisotopic (exact) mass is 407 g/mol. The number of pyridine rings is 1. The predicted molar refractivity (Wildman–Crippen MR) is 98.9 cm³/mol. The number of aromatic nitrogens is 1. The third-order valence-corrected chi connectivity index (χ3v) is 6.08. The van der Waals surface area contributed by atoms with Crippen molar-refractivity contribution in [3.63, 3.8) is 0 Å². The van der Waals surface area contributed by atoms with Gasteiger partial charge in [-0.05, 0) is 36.5 Å². The van der Waals surface area contributed by atoms with Gasteiger partial charge in [-0.1, -0.05) is 13.8 Å². The van der Waals surface area contributed by atoms with Crippen molar-refractivity contribution in [2.45, 2.75) is 39.4 Å². The third-order valence-electron chi connectivity index (χ3n) is 4.89. The van der Waals surface area contributed by atoms with Crippen LogP contribution in [-0.2, 0) is 6.18 Å². The van der Waals surface area contributed by atoms with Crippen LogP contribution in [0.1, 0.15) is 41.2 Å². The average Bonchev–Trinajstić information content (AvgIpc) is 2.85. The molecule has 0 radical (unpaired) electrons. The molecule has 1 aliphatic rings. The van der Waals surface area contributed by atoms with E-state index in [9.17, 15) is 18.0 Å². The SMILES string of the molecule is Cc1c(C(=O)N2CCC(N)C(C)(C)C2)sc2nc(C(F)(F)F)ccc12.Cl. The second-order valence-electron chi connectivity index (χ2n) is 7.21. The van der Waals surface area contributed by atoms with Crippen LogP contribution in [0, 0.1) is 12.3 Å². The molecule has 2 N–H and O–H groups in total. The van der Waals surface area contributed by atoms with E-state index in [1.54, 1.807) is 11.8 Å². The molecular weight excluding hydrogens is 387 g/mol. The van der Waals surface area contributed by atoms with Gasteiger partial charge >= 0.3 is 6.18 Å². The number of nitrogens with zero attached hydrogens (tertiary/aromatic N) is 2. The second-order valence-corrected chi connectivity index (χ2v) is 8.21. The van der Waals surface area contributed by atoms with Gasteiger partial charge in [0.15, 0.2) is 0 Å². The van der Waals surface area contributed by atoms with Crippen LogP contribution in [0.15, 0.2) is 12.1 Å². The van der Waals surface area contributed by atoms with Crippen molar-refractivity contribution in [3.8, 4) is 0 Å². The number of aryl methyl sites for hydroxylation is 1. The number of hydrogen-bond donors (Lipinski definition) is 1. The summed E-state index contributed by atoms with van der Waals surface area (Å²) in [4.78, 5) is 19.0. The molecule has 1 aliphatic heterocycles. The van der Waals surface area contributed by atoms with Crippen LogP contribution in [-0.4, -0.2) is 34.9 Å². The van der Waals surface area contributed by atoms with Crippen molar-refractivity contribution in [1.29, 1.82) is 0 Å². The minimum absolute atomic E-state index is 0. The van der Waals surface area contributed by atoms with Crippen molar-refractivity contribution in [3.05, 3.63) is 28.3 Å². The van der Waals surface area contributed by atoms with E-state index in [1.807, 2.05) is 13.8 Å².